The van der Waals surface area contributed by atoms with Gasteiger partial charge in [-0.15, -0.1) is 0 Å². The Labute approximate surface area is 69.8 Å². The van der Waals surface area contributed by atoms with Gasteiger partial charge in [-0.3, -0.25) is 9.59 Å². The average Bonchev–Trinajstić information content (AvgIpc) is 1.99. The van der Waals surface area contributed by atoms with Crippen LogP contribution in [0, 0.1) is 0 Å². The van der Waals surface area contributed by atoms with E-state index in [0.29, 0.717) is 0 Å². The van der Waals surface area contributed by atoms with Crippen LogP contribution in [-0.4, -0.2) is 31.8 Å². The monoisotopic (exact) mass is 176 g/mol. The first-order valence-electron chi connectivity index (χ1n) is 3.17. The predicted octanol–water partition coefficient (Wildman–Crippen LogP) is -1.66. The SMILES string of the molecule is COC(CC(N)=O)(OC)C(N)=O. The highest BCUT2D eigenvalue weighted by Gasteiger charge is 2.38. The zero-order valence-corrected chi connectivity index (χ0v) is 6.99. The molecular weight excluding hydrogens is 164 g/mol. The fourth-order valence-electron chi connectivity index (χ4n) is 0.745. The van der Waals surface area contributed by atoms with Crippen molar-refractivity contribution < 1.29 is 19.1 Å². The zero-order valence-electron chi connectivity index (χ0n) is 6.99. The van der Waals surface area contributed by atoms with Gasteiger partial charge in [0.25, 0.3) is 11.7 Å². The molecule has 0 aromatic heterocycles. The molecule has 0 heterocycles. The summed E-state index contributed by atoms with van der Waals surface area (Å²) in [6, 6.07) is 0. The first kappa shape index (κ1) is 10.9. The van der Waals surface area contributed by atoms with E-state index in [-0.39, 0.29) is 0 Å². The van der Waals surface area contributed by atoms with Crippen molar-refractivity contribution in [1.29, 1.82) is 0 Å². The topological polar surface area (TPSA) is 105 Å². The van der Waals surface area contributed by atoms with Gasteiger partial charge in [0.1, 0.15) is 0 Å². The molecule has 0 aliphatic rings. The third kappa shape index (κ3) is 2.18. The fraction of sp³-hybridized carbons (Fsp3) is 0.667. The van der Waals surface area contributed by atoms with E-state index >= 15 is 0 Å². The summed E-state index contributed by atoms with van der Waals surface area (Å²) in [6.07, 6.45) is -0.394. The molecule has 12 heavy (non-hydrogen) atoms. The summed E-state index contributed by atoms with van der Waals surface area (Å²) in [5.74, 6) is -3.34. The van der Waals surface area contributed by atoms with Gasteiger partial charge in [-0.25, -0.2) is 0 Å². The molecule has 2 amide bonds. The van der Waals surface area contributed by atoms with Crippen LogP contribution in [0.1, 0.15) is 6.42 Å². The molecule has 6 nitrogen and oxygen atoms in total. The van der Waals surface area contributed by atoms with Crippen molar-refractivity contribution in [3.63, 3.8) is 0 Å². The maximum absolute atomic E-state index is 10.8. The summed E-state index contributed by atoms with van der Waals surface area (Å²) in [4.78, 5) is 21.3. The van der Waals surface area contributed by atoms with Crippen molar-refractivity contribution in [3.8, 4) is 0 Å². The second-order valence-corrected chi connectivity index (χ2v) is 2.17. The van der Waals surface area contributed by atoms with Crippen LogP contribution in [0.4, 0.5) is 0 Å². The lowest BCUT2D eigenvalue weighted by Gasteiger charge is -2.25. The van der Waals surface area contributed by atoms with Gasteiger partial charge in [-0.1, -0.05) is 0 Å². The molecule has 6 heteroatoms. The number of methoxy groups -OCH3 is 2. The molecule has 0 aromatic carbocycles. The Morgan fingerprint density at radius 1 is 1.25 bits per heavy atom. The van der Waals surface area contributed by atoms with Crippen molar-refractivity contribution in [3.05, 3.63) is 0 Å². The van der Waals surface area contributed by atoms with Crippen LogP contribution in [0.25, 0.3) is 0 Å². The molecule has 0 aliphatic carbocycles. The number of hydrogen-bond donors (Lipinski definition) is 2. The number of carbonyl (C=O) groups excluding carboxylic acids is 2. The Balaban J connectivity index is 4.58. The van der Waals surface area contributed by atoms with Gasteiger partial charge in [0, 0.05) is 14.2 Å². The van der Waals surface area contributed by atoms with Crippen molar-refractivity contribution in [2.45, 2.75) is 12.2 Å². The number of ether oxygens (including phenoxy) is 2. The Morgan fingerprint density at radius 2 is 1.67 bits per heavy atom. The second kappa shape index (κ2) is 4.03. The third-order valence-corrected chi connectivity index (χ3v) is 1.44. The summed E-state index contributed by atoms with van der Waals surface area (Å²) in [7, 11) is 2.41. The minimum Gasteiger partial charge on any atom is -0.369 e. The first-order chi connectivity index (χ1) is 5.48. The molecule has 4 N–H and O–H groups in total. The molecule has 0 rings (SSSR count). The number of rotatable bonds is 5. The number of primary amides is 2. The van der Waals surface area contributed by atoms with E-state index in [1.54, 1.807) is 0 Å². The lowest BCUT2D eigenvalue weighted by molar-refractivity contribution is -0.208. The highest BCUT2D eigenvalue weighted by Crippen LogP contribution is 2.14. The third-order valence-electron chi connectivity index (χ3n) is 1.44. The highest BCUT2D eigenvalue weighted by molar-refractivity contribution is 5.88. The summed E-state index contributed by atoms with van der Waals surface area (Å²) in [5.41, 5.74) is 9.81. The molecule has 0 radical (unpaired) electrons. The maximum atomic E-state index is 10.8. The van der Waals surface area contributed by atoms with Crippen molar-refractivity contribution in [2.75, 3.05) is 14.2 Å². The van der Waals surface area contributed by atoms with E-state index in [0.717, 1.165) is 0 Å². The molecule has 70 valence electrons. The van der Waals surface area contributed by atoms with Gasteiger partial charge in [0.2, 0.25) is 5.91 Å². The number of amides is 2. The smallest absolute Gasteiger partial charge is 0.278 e. The molecule has 0 bridgehead atoms. The van der Waals surface area contributed by atoms with Crippen LogP contribution >= 0.6 is 0 Å². The quantitative estimate of drug-likeness (QED) is 0.489. The molecule has 0 unspecified atom stereocenters. The van der Waals surface area contributed by atoms with E-state index in [9.17, 15) is 9.59 Å². The van der Waals surface area contributed by atoms with Crippen molar-refractivity contribution >= 4 is 11.8 Å². The second-order valence-electron chi connectivity index (χ2n) is 2.17. The van der Waals surface area contributed by atoms with Gasteiger partial charge in [0.05, 0.1) is 6.42 Å². The Bertz CT molecular complexity index is 188. The van der Waals surface area contributed by atoms with Crippen LogP contribution in [0.2, 0.25) is 0 Å². The van der Waals surface area contributed by atoms with Crippen LogP contribution in [0.3, 0.4) is 0 Å². The molecule has 0 fully saturated rings. The first-order valence-corrected chi connectivity index (χ1v) is 3.17. The standard InChI is InChI=1S/C6H12N2O4/c1-11-6(12-2,5(8)10)3-4(7)9/h3H2,1-2H3,(H2,7,9)(H2,8,10). The Kier molecular flexibility index (Phi) is 3.65. The lowest BCUT2D eigenvalue weighted by atomic mass is 10.1. The van der Waals surface area contributed by atoms with E-state index in [1.807, 2.05) is 0 Å². The van der Waals surface area contributed by atoms with Gasteiger partial charge in [-0.05, 0) is 0 Å². The Morgan fingerprint density at radius 3 is 1.75 bits per heavy atom. The molecule has 0 aromatic rings. The van der Waals surface area contributed by atoms with Crippen LogP contribution < -0.4 is 11.5 Å². The molecule has 0 saturated carbocycles. The highest BCUT2D eigenvalue weighted by atomic mass is 16.7. The average molecular weight is 176 g/mol. The van der Waals surface area contributed by atoms with Crippen LogP contribution in [-0.2, 0) is 19.1 Å². The van der Waals surface area contributed by atoms with Crippen molar-refractivity contribution in [2.24, 2.45) is 11.5 Å². The molecule has 0 atom stereocenters. The molecule has 0 spiro atoms. The van der Waals surface area contributed by atoms with E-state index in [2.05, 4.69) is 9.47 Å². The summed E-state index contributed by atoms with van der Waals surface area (Å²) >= 11 is 0. The molecule has 0 aliphatic heterocycles. The van der Waals surface area contributed by atoms with Crippen LogP contribution in [0.15, 0.2) is 0 Å². The van der Waals surface area contributed by atoms with E-state index < -0.39 is 24.0 Å². The summed E-state index contributed by atoms with van der Waals surface area (Å²) in [5, 5.41) is 0. The number of hydrogen-bond acceptors (Lipinski definition) is 4. The normalized spacial score (nSPS) is 11.2. The fourth-order valence-corrected chi connectivity index (χ4v) is 0.745. The lowest BCUT2D eigenvalue weighted by Crippen LogP contribution is -2.49. The number of carbonyl (C=O) groups is 2. The van der Waals surface area contributed by atoms with Gasteiger partial charge >= 0.3 is 0 Å². The zero-order chi connectivity index (χ0) is 9.78. The van der Waals surface area contributed by atoms with E-state index in [4.69, 9.17) is 11.5 Å². The summed E-state index contributed by atoms with van der Waals surface area (Å²) < 4.78 is 9.32. The molecular formula is C6H12N2O4. The Hall–Kier alpha value is -1.14. The van der Waals surface area contributed by atoms with Crippen LogP contribution in [0.5, 0.6) is 0 Å². The largest absolute Gasteiger partial charge is 0.369 e. The number of nitrogens with two attached hydrogens (primary N) is 2. The predicted molar refractivity (Wildman–Crippen MR) is 39.8 cm³/mol. The van der Waals surface area contributed by atoms with Gasteiger partial charge in [0.15, 0.2) is 0 Å². The summed E-state index contributed by atoms with van der Waals surface area (Å²) in [6.45, 7) is 0. The minimum absolute atomic E-state index is 0.394. The maximum Gasteiger partial charge on any atom is 0.278 e. The van der Waals surface area contributed by atoms with Gasteiger partial charge < -0.3 is 20.9 Å². The van der Waals surface area contributed by atoms with Gasteiger partial charge in [-0.2, -0.15) is 0 Å². The minimum atomic E-state index is -1.73. The van der Waals surface area contributed by atoms with E-state index in [1.165, 1.54) is 14.2 Å². The molecule has 0 saturated heterocycles. The van der Waals surface area contributed by atoms with Crippen molar-refractivity contribution in [1.82, 2.24) is 0 Å².